The first-order valence-corrected chi connectivity index (χ1v) is 17.4. The Morgan fingerprint density at radius 3 is 2.44 bits per heavy atom. The molecule has 0 saturated carbocycles. The predicted molar refractivity (Wildman–Crippen MR) is 184 cm³/mol. The van der Waals surface area contributed by atoms with Crippen molar-refractivity contribution in [2.75, 3.05) is 17.7 Å². The summed E-state index contributed by atoms with van der Waals surface area (Å²) in [5, 5.41) is 10.0. The van der Waals surface area contributed by atoms with Crippen LogP contribution in [0, 0.1) is 0 Å². The summed E-state index contributed by atoms with van der Waals surface area (Å²) in [7, 11) is 0. The second kappa shape index (κ2) is 12.2. The van der Waals surface area contributed by atoms with Gasteiger partial charge in [0.25, 0.3) is 5.56 Å². The number of nitrogens with zero attached hydrogens (tertiary/aromatic N) is 2. The Hall–Kier alpha value is -3.77. The van der Waals surface area contributed by atoms with Crippen LogP contribution in [0.1, 0.15) is 55.4 Å². The first kappa shape index (κ1) is 31.2. The maximum Gasteiger partial charge on any atom is 0.341 e. The van der Waals surface area contributed by atoms with Gasteiger partial charge in [-0.3, -0.25) is 14.2 Å². The summed E-state index contributed by atoms with van der Waals surface area (Å²) < 4.78 is 7.01. The van der Waals surface area contributed by atoms with Crippen molar-refractivity contribution in [2.45, 2.75) is 57.3 Å². The Labute approximate surface area is 273 Å². The number of thiophene rings is 2. The summed E-state index contributed by atoms with van der Waals surface area (Å²) in [5.74, 6) is -0.762. The Bertz CT molecular complexity index is 1960. The van der Waals surface area contributed by atoms with Gasteiger partial charge in [0.15, 0.2) is 5.16 Å². The molecule has 5 aromatic rings. The van der Waals surface area contributed by atoms with Gasteiger partial charge in [-0.1, -0.05) is 60.3 Å². The quantitative estimate of drug-likeness (QED) is 0.103. The number of thioether (sulfide) groups is 1. The molecule has 6 rings (SSSR count). The minimum atomic E-state index is -0.441. The van der Waals surface area contributed by atoms with Crippen molar-refractivity contribution in [2.24, 2.45) is 0 Å². The van der Waals surface area contributed by atoms with Gasteiger partial charge < -0.3 is 15.4 Å². The standard InChI is InChI=1S/C34H34N4O4S3/c1-6-42-31(41)26-22-17-33(2,3)37-34(4,5)27(22)45-29(26)35-24(39)19-44-32-36-28-25(23(18-43-28)20-13-9-7-10-14-20)30(40)38(32)21-15-11-8-12-16-21/h7-16,18,37H,6,17,19H2,1-5H3,(H,35,39). The summed E-state index contributed by atoms with van der Waals surface area (Å²) in [4.78, 5) is 47.3. The van der Waals surface area contributed by atoms with Gasteiger partial charge in [-0.25, -0.2) is 9.78 Å². The lowest BCUT2D eigenvalue weighted by Gasteiger charge is -2.42. The van der Waals surface area contributed by atoms with E-state index in [4.69, 9.17) is 9.72 Å². The molecule has 0 aliphatic carbocycles. The SMILES string of the molecule is CCOC(=O)c1c(NC(=O)CSc2nc3scc(-c4ccccc4)c3c(=O)n2-c2ccccc2)sc2c1CC(C)(C)NC2(C)C. The fraction of sp³-hybridized carbons (Fsp3) is 0.294. The molecule has 0 atom stereocenters. The normalized spacial score (nSPS) is 15.0. The van der Waals surface area contributed by atoms with E-state index >= 15 is 0 Å². The zero-order valence-electron chi connectivity index (χ0n) is 25.7. The molecule has 2 aromatic carbocycles. The summed E-state index contributed by atoms with van der Waals surface area (Å²) in [6, 6.07) is 19.1. The molecular weight excluding hydrogens is 625 g/mol. The number of nitrogens with one attached hydrogen (secondary N) is 2. The highest BCUT2D eigenvalue weighted by molar-refractivity contribution is 7.99. The number of amides is 1. The van der Waals surface area contributed by atoms with Gasteiger partial charge in [0.1, 0.15) is 9.83 Å². The summed E-state index contributed by atoms with van der Waals surface area (Å²) in [5.41, 5.74) is 2.94. The molecule has 0 fully saturated rings. The average molecular weight is 659 g/mol. The molecule has 0 spiro atoms. The van der Waals surface area contributed by atoms with Crippen LogP contribution in [0.5, 0.6) is 0 Å². The van der Waals surface area contributed by atoms with Crippen LogP contribution < -0.4 is 16.2 Å². The molecule has 3 aromatic heterocycles. The monoisotopic (exact) mass is 658 g/mol. The molecule has 1 amide bonds. The second-order valence-electron chi connectivity index (χ2n) is 12.0. The minimum Gasteiger partial charge on any atom is -0.462 e. The zero-order chi connectivity index (χ0) is 31.9. The lowest BCUT2D eigenvalue weighted by molar-refractivity contribution is -0.113. The van der Waals surface area contributed by atoms with E-state index in [0.29, 0.717) is 38.0 Å². The van der Waals surface area contributed by atoms with Crippen LogP contribution in [0.3, 0.4) is 0 Å². The Morgan fingerprint density at radius 2 is 1.76 bits per heavy atom. The largest absolute Gasteiger partial charge is 0.462 e. The van der Waals surface area contributed by atoms with Crippen LogP contribution in [0.15, 0.2) is 76.0 Å². The summed E-state index contributed by atoms with van der Waals surface area (Å²) in [6.07, 6.45) is 0.625. The van der Waals surface area contributed by atoms with Crippen molar-refractivity contribution in [3.05, 3.63) is 92.4 Å². The van der Waals surface area contributed by atoms with E-state index in [9.17, 15) is 14.4 Å². The zero-order valence-corrected chi connectivity index (χ0v) is 28.2. The number of aromatic nitrogens is 2. The number of fused-ring (bicyclic) bond motifs is 2. The fourth-order valence-corrected chi connectivity index (χ4v) is 9.11. The van der Waals surface area contributed by atoms with Gasteiger partial charge in [0.2, 0.25) is 5.91 Å². The Morgan fingerprint density at radius 1 is 1.07 bits per heavy atom. The number of benzene rings is 2. The maximum absolute atomic E-state index is 14.1. The first-order valence-electron chi connectivity index (χ1n) is 14.7. The van der Waals surface area contributed by atoms with Crippen LogP contribution >= 0.6 is 34.4 Å². The molecule has 0 radical (unpaired) electrons. The highest BCUT2D eigenvalue weighted by Crippen LogP contribution is 2.45. The molecule has 0 bridgehead atoms. The molecule has 232 valence electrons. The molecule has 1 aliphatic rings. The molecule has 2 N–H and O–H groups in total. The number of carbonyl (C=O) groups excluding carboxylic acids is 2. The molecule has 0 saturated heterocycles. The number of ether oxygens (including phenoxy) is 1. The van der Waals surface area contributed by atoms with Crippen molar-refractivity contribution in [1.29, 1.82) is 0 Å². The maximum atomic E-state index is 14.1. The van der Waals surface area contributed by atoms with Crippen molar-refractivity contribution < 1.29 is 14.3 Å². The number of anilines is 1. The van der Waals surface area contributed by atoms with Crippen molar-refractivity contribution in [3.8, 4) is 16.8 Å². The Balaban J connectivity index is 1.34. The lowest BCUT2D eigenvalue weighted by atomic mass is 9.81. The highest BCUT2D eigenvalue weighted by atomic mass is 32.2. The smallest absolute Gasteiger partial charge is 0.341 e. The Kier molecular flexibility index (Phi) is 8.47. The van der Waals surface area contributed by atoms with Gasteiger partial charge in [0, 0.05) is 26.9 Å². The average Bonchev–Trinajstić information content (AvgIpc) is 3.58. The van der Waals surface area contributed by atoms with Crippen LogP contribution in [0.4, 0.5) is 5.00 Å². The van der Waals surface area contributed by atoms with E-state index < -0.39 is 11.5 Å². The number of rotatable bonds is 8. The first-order chi connectivity index (χ1) is 21.5. The third-order valence-electron chi connectivity index (χ3n) is 7.59. The summed E-state index contributed by atoms with van der Waals surface area (Å²) in [6.45, 7) is 10.4. The van der Waals surface area contributed by atoms with E-state index in [-0.39, 0.29) is 29.4 Å². The molecule has 8 nitrogen and oxygen atoms in total. The van der Waals surface area contributed by atoms with Gasteiger partial charge in [-0.15, -0.1) is 22.7 Å². The third-order valence-corrected chi connectivity index (χ3v) is 10.9. The van der Waals surface area contributed by atoms with Crippen LogP contribution in [0.25, 0.3) is 27.0 Å². The van der Waals surface area contributed by atoms with Gasteiger partial charge in [0.05, 0.1) is 29.0 Å². The van der Waals surface area contributed by atoms with Crippen LogP contribution in [0.2, 0.25) is 0 Å². The highest BCUT2D eigenvalue weighted by Gasteiger charge is 2.42. The molecule has 11 heteroatoms. The number of hydrogen-bond acceptors (Lipinski definition) is 9. The van der Waals surface area contributed by atoms with Crippen LogP contribution in [-0.4, -0.2) is 39.3 Å². The van der Waals surface area contributed by atoms with Crippen LogP contribution in [-0.2, 0) is 21.5 Å². The third kappa shape index (κ3) is 6.09. The number of hydrogen-bond donors (Lipinski definition) is 2. The fourth-order valence-electron chi connectivity index (χ4n) is 6.03. The second-order valence-corrected chi connectivity index (χ2v) is 14.9. The van der Waals surface area contributed by atoms with E-state index in [0.717, 1.165) is 21.6 Å². The van der Waals surface area contributed by atoms with E-state index in [2.05, 4.69) is 38.3 Å². The van der Waals surface area contributed by atoms with Crippen molar-refractivity contribution in [1.82, 2.24) is 14.9 Å². The van der Waals surface area contributed by atoms with Gasteiger partial charge in [-0.05, 0) is 64.3 Å². The number of carbonyl (C=O) groups is 2. The van der Waals surface area contributed by atoms with E-state index in [1.54, 1.807) is 11.5 Å². The minimum absolute atomic E-state index is 0.0142. The van der Waals surface area contributed by atoms with E-state index in [1.807, 2.05) is 66.0 Å². The summed E-state index contributed by atoms with van der Waals surface area (Å²) >= 11 is 4.00. The van der Waals surface area contributed by atoms with E-state index in [1.165, 1.54) is 34.4 Å². The predicted octanol–water partition coefficient (Wildman–Crippen LogP) is 7.24. The van der Waals surface area contributed by atoms with Gasteiger partial charge in [-0.2, -0.15) is 0 Å². The number of esters is 1. The topological polar surface area (TPSA) is 102 Å². The van der Waals surface area contributed by atoms with Gasteiger partial charge >= 0.3 is 5.97 Å². The molecular formula is C34H34N4O4S3. The van der Waals surface area contributed by atoms with Crippen molar-refractivity contribution in [3.63, 3.8) is 0 Å². The van der Waals surface area contributed by atoms with Crippen molar-refractivity contribution >= 4 is 61.5 Å². The number of para-hydroxylation sites is 1. The molecule has 45 heavy (non-hydrogen) atoms. The lowest BCUT2D eigenvalue weighted by Crippen LogP contribution is -2.55. The molecule has 0 unspecified atom stereocenters. The molecule has 1 aliphatic heterocycles. The molecule has 4 heterocycles.